The molecule has 2 aromatic heterocycles. The minimum Gasteiger partial charge on any atom is -0.370 e. The summed E-state index contributed by atoms with van der Waals surface area (Å²) in [4.78, 5) is 6.56. The van der Waals surface area contributed by atoms with E-state index in [1.807, 2.05) is 12.3 Å². The predicted octanol–water partition coefficient (Wildman–Crippen LogP) is 4.36. The zero-order valence-corrected chi connectivity index (χ0v) is 13.6. The summed E-state index contributed by atoms with van der Waals surface area (Å²) in [6.07, 6.45) is 2.96. The third kappa shape index (κ3) is 4.21. The molecule has 0 radical (unpaired) electrons. The number of thiophene rings is 1. The average molecular weight is 340 g/mol. The van der Waals surface area contributed by atoms with Crippen LogP contribution in [0.4, 0.5) is 11.5 Å². The smallest absolute Gasteiger partial charge is 0.127 e. The van der Waals surface area contributed by atoms with E-state index in [0.29, 0.717) is 0 Å². The van der Waals surface area contributed by atoms with Gasteiger partial charge < -0.3 is 10.2 Å². The lowest BCUT2D eigenvalue weighted by atomic mass is 10.3. The molecule has 3 nitrogen and oxygen atoms in total. The van der Waals surface area contributed by atoms with Crippen molar-refractivity contribution in [1.29, 1.82) is 0 Å². The summed E-state index contributed by atoms with van der Waals surface area (Å²) in [5.41, 5.74) is 2.50. The SMILES string of the molecule is CCCNc1cc(N(C)Cc2csc(Br)c2)ccn1. The zero-order chi connectivity index (χ0) is 13.7. The fraction of sp³-hybridized carbons (Fsp3) is 0.357. The highest BCUT2D eigenvalue weighted by molar-refractivity contribution is 9.11. The van der Waals surface area contributed by atoms with Gasteiger partial charge in [0.1, 0.15) is 5.82 Å². The first-order chi connectivity index (χ1) is 9.19. The van der Waals surface area contributed by atoms with Crippen molar-refractivity contribution in [1.82, 2.24) is 4.98 Å². The molecule has 2 heterocycles. The summed E-state index contributed by atoms with van der Waals surface area (Å²) in [6.45, 7) is 4.01. The van der Waals surface area contributed by atoms with Crippen molar-refractivity contribution in [3.05, 3.63) is 39.1 Å². The number of hydrogen-bond donors (Lipinski definition) is 1. The van der Waals surface area contributed by atoms with Gasteiger partial charge in [0.2, 0.25) is 0 Å². The Morgan fingerprint density at radius 3 is 2.95 bits per heavy atom. The van der Waals surface area contributed by atoms with Gasteiger partial charge in [0.15, 0.2) is 0 Å². The molecule has 0 atom stereocenters. The summed E-state index contributed by atoms with van der Waals surface area (Å²) in [6, 6.07) is 6.30. The van der Waals surface area contributed by atoms with Gasteiger partial charge in [-0.25, -0.2) is 4.98 Å². The molecule has 0 saturated carbocycles. The number of aromatic nitrogens is 1. The third-order valence-electron chi connectivity index (χ3n) is 2.78. The lowest BCUT2D eigenvalue weighted by molar-refractivity contribution is 0.922. The van der Waals surface area contributed by atoms with Crippen LogP contribution in [0, 0.1) is 0 Å². The van der Waals surface area contributed by atoms with E-state index in [9.17, 15) is 0 Å². The van der Waals surface area contributed by atoms with E-state index in [0.717, 1.165) is 25.3 Å². The lowest BCUT2D eigenvalue weighted by Crippen LogP contribution is -2.16. The molecule has 0 spiro atoms. The molecule has 5 heteroatoms. The van der Waals surface area contributed by atoms with Crippen molar-refractivity contribution in [3.63, 3.8) is 0 Å². The van der Waals surface area contributed by atoms with Crippen molar-refractivity contribution in [2.24, 2.45) is 0 Å². The van der Waals surface area contributed by atoms with Crippen LogP contribution in [0.3, 0.4) is 0 Å². The van der Waals surface area contributed by atoms with E-state index < -0.39 is 0 Å². The summed E-state index contributed by atoms with van der Waals surface area (Å²) >= 11 is 5.22. The van der Waals surface area contributed by atoms with Crippen LogP contribution in [0.25, 0.3) is 0 Å². The van der Waals surface area contributed by atoms with Gasteiger partial charge >= 0.3 is 0 Å². The number of hydrogen-bond acceptors (Lipinski definition) is 4. The van der Waals surface area contributed by atoms with E-state index >= 15 is 0 Å². The third-order valence-corrected chi connectivity index (χ3v) is 4.34. The summed E-state index contributed by atoms with van der Waals surface area (Å²) in [7, 11) is 2.10. The number of rotatable bonds is 6. The highest BCUT2D eigenvalue weighted by atomic mass is 79.9. The zero-order valence-electron chi connectivity index (χ0n) is 11.2. The van der Waals surface area contributed by atoms with Gasteiger partial charge in [-0.2, -0.15) is 0 Å². The topological polar surface area (TPSA) is 28.2 Å². The Hall–Kier alpha value is -1.07. The van der Waals surface area contributed by atoms with Gasteiger partial charge in [-0.05, 0) is 45.4 Å². The molecule has 102 valence electrons. The van der Waals surface area contributed by atoms with Crippen molar-refractivity contribution < 1.29 is 0 Å². The normalized spacial score (nSPS) is 10.5. The lowest BCUT2D eigenvalue weighted by Gasteiger charge is -2.19. The maximum absolute atomic E-state index is 4.33. The number of halogens is 1. The second-order valence-electron chi connectivity index (χ2n) is 4.44. The van der Waals surface area contributed by atoms with Gasteiger partial charge in [-0.1, -0.05) is 6.92 Å². The maximum Gasteiger partial charge on any atom is 0.127 e. The van der Waals surface area contributed by atoms with Crippen molar-refractivity contribution in [2.75, 3.05) is 23.8 Å². The Morgan fingerprint density at radius 2 is 2.26 bits per heavy atom. The quantitative estimate of drug-likeness (QED) is 0.847. The molecule has 2 aromatic rings. The van der Waals surface area contributed by atoms with Crippen LogP contribution in [0.1, 0.15) is 18.9 Å². The standard InChI is InChI=1S/C14H18BrN3S/c1-3-5-16-14-8-12(4-6-17-14)18(2)9-11-7-13(15)19-10-11/h4,6-8,10H,3,5,9H2,1-2H3,(H,16,17). The van der Waals surface area contributed by atoms with Gasteiger partial charge in [-0.15, -0.1) is 11.3 Å². The van der Waals surface area contributed by atoms with Crippen LogP contribution in [-0.2, 0) is 6.54 Å². The first kappa shape index (κ1) is 14.3. The van der Waals surface area contributed by atoms with Gasteiger partial charge in [0, 0.05) is 38.1 Å². The Balaban J connectivity index is 2.03. The maximum atomic E-state index is 4.33. The minimum absolute atomic E-state index is 0.902. The number of nitrogens with one attached hydrogen (secondary N) is 1. The molecule has 2 rings (SSSR count). The van der Waals surface area contributed by atoms with Crippen LogP contribution < -0.4 is 10.2 Å². The molecule has 0 aromatic carbocycles. The summed E-state index contributed by atoms with van der Waals surface area (Å²) in [5, 5.41) is 5.49. The highest BCUT2D eigenvalue weighted by Crippen LogP contribution is 2.24. The Morgan fingerprint density at radius 1 is 1.42 bits per heavy atom. The van der Waals surface area contributed by atoms with Crippen molar-refractivity contribution in [3.8, 4) is 0 Å². The molecule has 0 amide bonds. The summed E-state index contributed by atoms with van der Waals surface area (Å²) < 4.78 is 1.18. The van der Waals surface area contributed by atoms with Crippen LogP contribution >= 0.6 is 27.3 Å². The molecule has 0 fully saturated rings. The van der Waals surface area contributed by atoms with Gasteiger partial charge in [-0.3, -0.25) is 0 Å². The summed E-state index contributed by atoms with van der Waals surface area (Å²) in [5.74, 6) is 0.942. The van der Waals surface area contributed by atoms with E-state index in [1.165, 1.54) is 15.0 Å². The fourth-order valence-electron chi connectivity index (χ4n) is 1.80. The number of anilines is 2. The molecule has 0 aliphatic carbocycles. The Labute approximate surface area is 126 Å². The van der Waals surface area contributed by atoms with Crippen LogP contribution in [0.2, 0.25) is 0 Å². The second-order valence-corrected chi connectivity index (χ2v) is 6.73. The first-order valence-electron chi connectivity index (χ1n) is 6.33. The molecule has 1 N–H and O–H groups in total. The highest BCUT2D eigenvalue weighted by Gasteiger charge is 2.05. The molecule has 0 bridgehead atoms. The van der Waals surface area contributed by atoms with Crippen molar-refractivity contribution >= 4 is 38.8 Å². The van der Waals surface area contributed by atoms with Crippen LogP contribution in [0.5, 0.6) is 0 Å². The van der Waals surface area contributed by atoms with Gasteiger partial charge in [0.25, 0.3) is 0 Å². The molecule has 0 unspecified atom stereocenters. The molecule has 0 saturated heterocycles. The van der Waals surface area contributed by atoms with E-state index in [4.69, 9.17) is 0 Å². The monoisotopic (exact) mass is 339 g/mol. The predicted molar refractivity (Wildman–Crippen MR) is 87.1 cm³/mol. The minimum atomic E-state index is 0.902. The van der Waals surface area contributed by atoms with E-state index in [-0.39, 0.29) is 0 Å². The van der Waals surface area contributed by atoms with Gasteiger partial charge in [0.05, 0.1) is 3.79 Å². The molecule has 19 heavy (non-hydrogen) atoms. The Bertz CT molecular complexity index is 527. The second kappa shape index (κ2) is 6.91. The van der Waals surface area contributed by atoms with Crippen molar-refractivity contribution in [2.45, 2.75) is 19.9 Å². The number of nitrogens with zero attached hydrogens (tertiary/aromatic N) is 2. The molecule has 0 aliphatic rings. The Kier molecular flexibility index (Phi) is 5.22. The van der Waals surface area contributed by atoms with Crippen LogP contribution in [-0.4, -0.2) is 18.6 Å². The molecular weight excluding hydrogens is 322 g/mol. The molecular formula is C14H18BrN3S. The number of pyridine rings is 1. The largest absolute Gasteiger partial charge is 0.370 e. The van der Waals surface area contributed by atoms with E-state index in [1.54, 1.807) is 11.3 Å². The average Bonchev–Trinajstić information content (AvgIpc) is 2.82. The molecule has 0 aliphatic heterocycles. The van der Waals surface area contributed by atoms with E-state index in [2.05, 4.69) is 62.6 Å². The fourth-order valence-corrected chi connectivity index (χ4v) is 3.00. The van der Waals surface area contributed by atoms with Crippen LogP contribution in [0.15, 0.2) is 33.6 Å². The first-order valence-corrected chi connectivity index (χ1v) is 8.00.